The Morgan fingerprint density at radius 2 is 1.40 bits per heavy atom. The number of methoxy groups -OCH3 is 2. The summed E-state index contributed by atoms with van der Waals surface area (Å²) in [4.78, 5) is 186. The van der Waals surface area contributed by atoms with E-state index in [2.05, 4.69) is 57.8 Å². The number of ether oxygens (including phenoxy) is 4. The second kappa shape index (κ2) is 49.3. The molecule has 16 atom stereocenters. The lowest BCUT2D eigenvalue weighted by Gasteiger charge is -2.55. The molecule has 7 aromatic rings. The number of halogens is 1. The standard InChI is InChI=1S/C97H126ClN15O18S4/c1-55(2)85-93(124)109-76(91(122)105-71(86(100)117)47-62-51-102-68-27-16-14-25-65(62)68)54-135-134-53-75(92(123)106-73(44-60-31-33-64(114)34-32-60)89(120)107-74(48-63-52-103-69-28-17-15-26-66(63)69)90(121)104-70(87(118)110-85)29-18-19-38-99)108-88(119)72(43-59-23-12-11-13-24-59)101-39-21-40-132-133-41-36-82(115)112(7)58(5)94(125)131-81-49-83(116)113(8)77-45-61(46-78(128-9)84(77)98)42-56(3)22-20-30-80(129-10)97(127)50-79(130-95(126)111-97)57(4)67-35-37-96(67,81)6/h11-17,20,22-28,30-34,45-46,51-52,55,57-58,67,70-76,79-81,85,101-103,114,127H,18-19,21,29,35-44,47-50,53-54,99H2,1-10H3,(H2,100,117)(H,104,121)(H,105,122)(H,106,123)(H,107,120)(H,108,119)(H,109,124)(H,110,118)(H,111,126)/b30-20+,56-22+/t57-,58-,67-,70-,71-,72+,73-,74+,75-,76-,79-,80+,81-,85-,96+,97-/m0/s1. The molecule has 38 heteroatoms. The van der Waals surface area contributed by atoms with Crippen LogP contribution in [-0.2, 0) is 99.1 Å². The van der Waals surface area contributed by atoms with E-state index >= 15 is 19.2 Å². The molecule has 728 valence electrons. The van der Waals surface area contributed by atoms with Gasteiger partial charge in [-0.15, -0.1) is 0 Å². The van der Waals surface area contributed by atoms with Gasteiger partial charge in [0.05, 0.1) is 25.3 Å². The van der Waals surface area contributed by atoms with E-state index in [4.69, 9.17) is 42.0 Å². The van der Waals surface area contributed by atoms with Gasteiger partial charge in [0.1, 0.15) is 83.2 Å². The Hall–Kier alpha value is -10.8. The number of phenolic OH excluding ortho intramolecular Hbond substituents is 1. The molecule has 11 rings (SSSR count). The Balaban J connectivity index is 0.795. The second-order valence-corrected chi connectivity index (χ2v) is 41.3. The number of hydrogen-bond acceptors (Lipinski definition) is 24. The highest BCUT2D eigenvalue weighted by Gasteiger charge is 2.57. The van der Waals surface area contributed by atoms with Crippen molar-refractivity contribution in [2.24, 2.45) is 34.6 Å². The second-order valence-electron chi connectivity index (χ2n) is 35.6. The molecular weight excluding hydrogens is 1830 g/mol. The Morgan fingerprint density at radius 3 is 2.07 bits per heavy atom. The zero-order valence-electron chi connectivity index (χ0n) is 77.6. The maximum atomic E-state index is 15.6. The number of unbranched alkanes of at least 4 members (excludes halogenated alkanes) is 1. The van der Waals surface area contributed by atoms with Gasteiger partial charge in [-0.25, -0.2) is 9.59 Å². The summed E-state index contributed by atoms with van der Waals surface area (Å²) in [6.45, 7) is 11.2. The largest absolute Gasteiger partial charge is 0.508 e. The Morgan fingerprint density at radius 1 is 0.756 bits per heavy atom. The summed E-state index contributed by atoms with van der Waals surface area (Å²) in [5.41, 5.74) is 15.3. The quantitative estimate of drug-likeness (QED) is 0.0107. The van der Waals surface area contributed by atoms with Crippen LogP contribution in [-0.4, -0.2) is 239 Å². The number of nitrogens with two attached hydrogens (primary N) is 2. The van der Waals surface area contributed by atoms with Crippen LogP contribution in [0.4, 0.5) is 10.5 Å². The van der Waals surface area contributed by atoms with Gasteiger partial charge in [0.2, 0.25) is 59.1 Å². The van der Waals surface area contributed by atoms with Crippen LogP contribution in [0.2, 0.25) is 5.02 Å². The lowest BCUT2D eigenvalue weighted by molar-refractivity contribution is -0.187. The molecule has 2 saturated heterocycles. The third kappa shape index (κ3) is 28.0. The number of para-hydroxylation sites is 2. The first-order chi connectivity index (χ1) is 64.6. The number of nitrogens with zero attached hydrogens (tertiary/aromatic N) is 2. The van der Waals surface area contributed by atoms with Gasteiger partial charge in [0, 0.05) is 116 Å². The first kappa shape index (κ1) is 105. The zero-order chi connectivity index (χ0) is 97.4. The number of aromatic hydroxyl groups is 1. The number of allylic oxidation sites excluding steroid dienone is 3. The van der Waals surface area contributed by atoms with E-state index in [1.807, 2.05) is 106 Å². The van der Waals surface area contributed by atoms with Gasteiger partial charge in [-0.1, -0.05) is 185 Å². The topological polar surface area (TPSA) is 481 Å². The van der Waals surface area contributed by atoms with E-state index in [1.165, 1.54) is 64.8 Å². The number of esters is 1. The van der Waals surface area contributed by atoms with Crippen LogP contribution in [0.3, 0.4) is 0 Å². The van der Waals surface area contributed by atoms with Crippen molar-refractivity contribution in [1.82, 2.24) is 62.7 Å². The summed E-state index contributed by atoms with van der Waals surface area (Å²) < 4.78 is 23.9. The number of alkyl carbamates (subject to hydrolysis) is 1. The maximum absolute atomic E-state index is 15.6. The van der Waals surface area contributed by atoms with Crippen LogP contribution in [0.5, 0.6) is 11.5 Å². The first-order valence-corrected chi connectivity index (χ1v) is 50.9. The number of nitrogens with one attached hydrogen (secondary N) is 11. The normalized spacial score (nSPS) is 25.0. The first-order valence-electron chi connectivity index (χ1n) is 45.5. The summed E-state index contributed by atoms with van der Waals surface area (Å²) in [7, 11) is 11.0. The highest BCUT2D eigenvalue weighted by molar-refractivity contribution is 8.77. The number of rotatable bonds is 32. The number of primary amides is 1. The number of benzene rings is 5. The SMILES string of the molecule is COc1cc2cc(c1Cl)N(C)C(=O)C[C@H](OC(=O)[C@H](C)N(C)C(=O)CCSSCCCN[C@H](Cc1ccccc1)C(=O)N[C@H]1CSSC[C@@H](C(=O)N[C@@H](Cc3c[nH]c4ccccc34)C(N)=O)NC(=O)[C@H](C(C)C)NC(=O)[C@H](CCCCN)NC(=O)[C@@H](Cc3c[nH]c4ccccc34)NC(=O)[C@H](Cc3ccc(O)cc3)NC1=O)[C@]1(C)CC[C@H]1[C@H](C)[C@@H]1C[C@@](O)(NC(=O)O1)[C@H](OC)/C=C/C=C(\C)C2. The molecule has 5 aromatic carbocycles. The van der Waals surface area contributed by atoms with E-state index in [-0.39, 0.29) is 98.6 Å². The van der Waals surface area contributed by atoms with E-state index in [0.717, 1.165) is 60.1 Å². The fraction of sp³-hybridized carbons (Fsp3) is 0.485. The van der Waals surface area contributed by atoms with Gasteiger partial charge in [-0.3, -0.25) is 53.3 Å². The van der Waals surface area contributed by atoms with Crippen molar-refractivity contribution in [3.63, 3.8) is 0 Å². The zero-order valence-corrected chi connectivity index (χ0v) is 81.7. The van der Waals surface area contributed by atoms with Gasteiger partial charge < -0.3 is 103 Å². The predicted molar refractivity (Wildman–Crippen MR) is 526 cm³/mol. The lowest BCUT2D eigenvalue weighted by atomic mass is 9.53. The van der Waals surface area contributed by atoms with Gasteiger partial charge in [-0.05, 0) is 160 Å². The number of phenols is 1. The van der Waals surface area contributed by atoms with E-state index in [0.29, 0.717) is 78.2 Å². The van der Waals surface area contributed by atoms with Gasteiger partial charge in [0.25, 0.3) is 0 Å². The summed E-state index contributed by atoms with van der Waals surface area (Å²) in [5, 5.41) is 50.4. The average Bonchev–Trinajstić information content (AvgIpc) is 0.934. The molecule has 0 radical (unpaired) electrons. The molecule has 1 aliphatic carbocycles. The van der Waals surface area contributed by atoms with Crippen LogP contribution in [0.15, 0.2) is 151 Å². The van der Waals surface area contributed by atoms with Crippen molar-refractivity contribution >= 4 is 153 Å². The van der Waals surface area contributed by atoms with Gasteiger partial charge >= 0.3 is 12.1 Å². The number of aromatic nitrogens is 2. The Labute approximate surface area is 807 Å². The van der Waals surface area contributed by atoms with Crippen LogP contribution < -0.4 is 69.0 Å². The third-order valence-electron chi connectivity index (χ3n) is 25.8. The smallest absolute Gasteiger partial charge is 0.409 e. The number of likely N-dealkylation sites (N-methyl/N-ethyl adjacent to an activating group) is 1. The summed E-state index contributed by atoms with van der Waals surface area (Å²) in [6, 6.07) is 21.6. The van der Waals surface area contributed by atoms with Gasteiger partial charge in [0.15, 0.2) is 5.72 Å². The van der Waals surface area contributed by atoms with Crippen molar-refractivity contribution in [1.29, 1.82) is 0 Å². The maximum Gasteiger partial charge on any atom is 0.409 e. The minimum absolute atomic E-state index is 0.0253. The number of hydrogen-bond donors (Lipinski definition) is 15. The summed E-state index contributed by atoms with van der Waals surface area (Å²) in [6.07, 6.45) is 7.24. The number of carbonyl (C=O) groups excluding carboxylic acids is 12. The molecule has 17 N–H and O–H groups in total. The minimum Gasteiger partial charge on any atom is -0.508 e. The van der Waals surface area contributed by atoms with Crippen molar-refractivity contribution in [2.75, 3.05) is 69.3 Å². The Bertz CT molecular complexity index is 5400. The molecular formula is C97H126ClN15O18S4. The number of anilines is 1. The number of aromatic amines is 2. The molecule has 33 nitrogen and oxygen atoms in total. The molecule has 4 bridgehead atoms. The number of aliphatic hydroxyl groups is 1. The van der Waals surface area contributed by atoms with E-state index < -0.39 is 161 Å². The van der Waals surface area contributed by atoms with Crippen LogP contribution in [0, 0.1) is 23.2 Å². The highest BCUT2D eigenvalue weighted by Crippen LogP contribution is 2.56. The monoisotopic (exact) mass is 1950 g/mol. The number of fused-ring (bicyclic) bond motifs is 7. The average molecular weight is 1950 g/mol. The number of H-pyrrole nitrogens is 2. The lowest BCUT2D eigenvalue weighted by Crippen LogP contribution is -2.64. The van der Waals surface area contributed by atoms with Crippen molar-refractivity contribution in [2.45, 2.75) is 210 Å². The number of amides is 11. The molecule has 11 amide bonds. The molecule has 4 aliphatic rings. The minimum atomic E-state index is -1.88. The molecule has 0 unspecified atom stereocenters. The van der Waals surface area contributed by atoms with Crippen LogP contribution >= 0.6 is 54.8 Å². The number of carbonyl (C=O) groups is 12. The predicted octanol–water partition coefficient (Wildman–Crippen LogP) is 8.59. The molecule has 135 heavy (non-hydrogen) atoms. The van der Waals surface area contributed by atoms with Crippen molar-refractivity contribution < 1.29 is 86.7 Å². The van der Waals surface area contributed by atoms with Crippen molar-refractivity contribution in [3.8, 4) is 11.5 Å². The van der Waals surface area contributed by atoms with E-state index in [9.17, 15) is 48.6 Å². The molecule has 0 spiro atoms. The third-order valence-corrected chi connectivity index (χ3v) is 31.0. The van der Waals surface area contributed by atoms with Crippen LogP contribution in [0.1, 0.15) is 127 Å². The summed E-state index contributed by atoms with van der Waals surface area (Å²) in [5.74, 6) is -8.56. The summed E-state index contributed by atoms with van der Waals surface area (Å²) >= 11 is 6.97. The Kier molecular flexibility index (Phi) is 38.2. The molecule has 3 fully saturated rings. The van der Waals surface area contributed by atoms with Gasteiger partial charge in [-0.2, -0.15) is 0 Å². The molecule has 3 aliphatic heterocycles. The molecule has 1 saturated carbocycles. The fourth-order valence-corrected chi connectivity index (χ4v) is 22.2. The highest BCUT2D eigenvalue weighted by atomic mass is 35.5. The molecule has 2 aromatic heterocycles. The fourth-order valence-electron chi connectivity index (χ4n) is 17.5. The van der Waals surface area contributed by atoms with Crippen LogP contribution in [0.25, 0.3) is 21.8 Å². The van der Waals surface area contributed by atoms with Crippen molar-refractivity contribution in [3.05, 3.63) is 184 Å². The molecule has 5 heterocycles. The van der Waals surface area contributed by atoms with E-state index in [1.54, 1.807) is 76.6 Å².